The Morgan fingerprint density at radius 1 is 1.00 bits per heavy atom. The number of hydrogen-bond acceptors (Lipinski definition) is 1. The molecule has 0 heterocycles. The monoisotopic (exact) mass is 412 g/mol. The van der Waals surface area contributed by atoms with Gasteiger partial charge in [-0.1, -0.05) is 39.0 Å². The number of aliphatic hydroxyl groups is 1. The van der Waals surface area contributed by atoms with Crippen molar-refractivity contribution in [3.8, 4) is 0 Å². The lowest BCUT2D eigenvalue weighted by Gasteiger charge is -2.61. The summed E-state index contributed by atoms with van der Waals surface area (Å²) >= 11 is 0. The van der Waals surface area contributed by atoms with Crippen LogP contribution >= 0.6 is 0 Å². The van der Waals surface area contributed by atoms with Gasteiger partial charge in [0, 0.05) is 0 Å². The molecule has 0 amide bonds. The van der Waals surface area contributed by atoms with Gasteiger partial charge in [0.15, 0.2) is 0 Å². The van der Waals surface area contributed by atoms with E-state index in [4.69, 9.17) is 0 Å². The first kappa shape index (κ1) is 22.6. The van der Waals surface area contributed by atoms with Gasteiger partial charge in [0.1, 0.15) is 0 Å². The number of hydrogen-bond donors (Lipinski definition) is 1. The Kier molecular flexibility index (Phi) is 6.35. The second kappa shape index (κ2) is 8.42. The van der Waals surface area contributed by atoms with Crippen LogP contribution in [-0.2, 0) is 0 Å². The summed E-state index contributed by atoms with van der Waals surface area (Å²) in [6.45, 7) is 16.4. The molecule has 4 aliphatic carbocycles. The van der Waals surface area contributed by atoms with Gasteiger partial charge in [0.2, 0.25) is 0 Å². The number of rotatable bonds is 5. The summed E-state index contributed by atoms with van der Waals surface area (Å²) in [7, 11) is 0. The average molecular weight is 413 g/mol. The van der Waals surface area contributed by atoms with Crippen molar-refractivity contribution in [2.24, 2.45) is 46.3 Å². The van der Waals surface area contributed by atoms with Crippen LogP contribution < -0.4 is 0 Å². The third-order valence-corrected chi connectivity index (χ3v) is 11.2. The molecule has 9 atom stereocenters. The van der Waals surface area contributed by atoms with Crippen molar-refractivity contribution in [1.29, 1.82) is 0 Å². The Bertz CT molecular complexity index is 672. The van der Waals surface area contributed by atoms with Gasteiger partial charge in [-0.25, -0.2) is 0 Å². The topological polar surface area (TPSA) is 20.2 Å². The van der Waals surface area contributed by atoms with E-state index in [1.165, 1.54) is 68.9 Å². The molecule has 2 unspecified atom stereocenters. The summed E-state index contributed by atoms with van der Waals surface area (Å²) in [6, 6.07) is 0. The molecule has 0 bridgehead atoms. The van der Waals surface area contributed by atoms with Crippen LogP contribution in [-0.4, -0.2) is 11.2 Å². The van der Waals surface area contributed by atoms with E-state index in [9.17, 15) is 5.11 Å². The van der Waals surface area contributed by atoms with Crippen molar-refractivity contribution in [2.75, 3.05) is 0 Å². The summed E-state index contributed by atoms with van der Waals surface area (Å²) in [5.41, 5.74) is 3.99. The molecule has 1 nitrogen and oxygen atoms in total. The maximum Gasteiger partial charge on any atom is 0.0543 e. The molecule has 0 spiro atoms. The Morgan fingerprint density at radius 3 is 2.40 bits per heavy atom. The van der Waals surface area contributed by atoms with Gasteiger partial charge in [-0.15, -0.1) is 0 Å². The number of allylic oxidation sites excluding steroid dienone is 3. The molecular weight excluding hydrogens is 364 g/mol. The van der Waals surface area contributed by atoms with Crippen molar-refractivity contribution in [1.82, 2.24) is 0 Å². The third-order valence-electron chi connectivity index (χ3n) is 11.2. The van der Waals surface area contributed by atoms with E-state index in [1.54, 1.807) is 0 Å². The van der Waals surface area contributed by atoms with Gasteiger partial charge in [0.25, 0.3) is 0 Å². The van der Waals surface area contributed by atoms with Gasteiger partial charge in [-0.2, -0.15) is 0 Å². The van der Waals surface area contributed by atoms with E-state index < -0.39 is 0 Å². The lowest BCUT2D eigenvalue weighted by Crippen LogP contribution is -2.54. The molecule has 1 N–H and O–H groups in total. The van der Waals surface area contributed by atoms with Crippen LogP contribution in [0.4, 0.5) is 0 Å². The summed E-state index contributed by atoms with van der Waals surface area (Å²) in [4.78, 5) is 0. The zero-order valence-corrected chi connectivity index (χ0v) is 20.6. The highest BCUT2D eigenvalue weighted by atomic mass is 16.3. The molecule has 0 aliphatic heterocycles. The summed E-state index contributed by atoms with van der Waals surface area (Å²) in [6.07, 6.45) is 16.7. The van der Waals surface area contributed by atoms with E-state index in [1.807, 2.05) is 0 Å². The summed E-state index contributed by atoms with van der Waals surface area (Å²) in [5.74, 6) is 5.35. The molecule has 4 saturated carbocycles. The van der Waals surface area contributed by atoms with Crippen LogP contribution in [0.1, 0.15) is 105 Å². The van der Waals surface area contributed by atoms with E-state index in [0.717, 1.165) is 48.3 Å². The minimum atomic E-state index is -0.0218. The largest absolute Gasteiger partial charge is 0.393 e. The molecule has 170 valence electrons. The minimum Gasteiger partial charge on any atom is -0.393 e. The maximum absolute atomic E-state index is 10.3. The van der Waals surface area contributed by atoms with Crippen LogP contribution in [0.3, 0.4) is 0 Å². The molecule has 4 fully saturated rings. The summed E-state index contributed by atoms with van der Waals surface area (Å²) < 4.78 is 0. The Morgan fingerprint density at radius 2 is 1.70 bits per heavy atom. The zero-order valence-electron chi connectivity index (χ0n) is 20.6. The molecule has 0 aromatic rings. The Hall–Kier alpha value is -0.560. The molecule has 0 aromatic heterocycles. The molecule has 4 aliphatic rings. The first-order chi connectivity index (χ1) is 14.2. The van der Waals surface area contributed by atoms with Crippen LogP contribution in [0.2, 0.25) is 0 Å². The quantitative estimate of drug-likeness (QED) is 0.454. The molecule has 0 aromatic carbocycles. The van der Waals surface area contributed by atoms with Gasteiger partial charge >= 0.3 is 0 Å². The van der Waals surface area contributed by atoms with Gasteiger partial charge < -0.3 is 5.11 Å². The molecule has 0 radical (unpaired) electrons. The van der Waals surface area contributed by atoms with Crippen LogP contribution in [0.5, 0.6) is 0 Å². The fourth-order valence-electron chi connectivity index (χ4n) is 9.35. The highest BCUT2D eigenvalue weighted by molar-refractivity contribution is 5.21. The first-order valence-corrected chi connectivity index (χ1v) is 13.2. The van der Waals surface area contributed by atoms with E-state index in [2.05, 4.69) is 47.3 Å². The van der Waals surface area contributed by atoms with Gasteiger partial charge in [-0.3, -0.25) is 0 Å². The molecule has 1 heteroatoms. The van der Waals surface area contributed by atoms with Crippen LogP contribution in [0, 0.1) is 46.3 Å². The Balaban J connectivity index is 1.47. The normalized spacial score (nSPS) is 46.3. The van der Waals surface area contributed by atoms with Crippen LogP contribution in [0.25, 0.3) is 0 Å². The lowest BCUT2D eigenvalue weighted by molar-refractivity contribution is -0.129. The van der Waals surface area contributed by atoms with Crippen molar-refractivity contribution in [3.05, 3.63) is 23.8 Å². The molecule has 30 heavy (non-hydrogen) atoms. The Labute approximate surface area is 186 Å². The maximum atomic E-state index is 10.3. The fraction of sp³-hybridized carbons (Fsp3) is 0.862. The van der Waals surface area contributed by atoms with E-state index in [-0.39, 0.29) is 6.10 Å². The lowest BCUT2D eigenvalue weighted by atomic mass is 9.44. The first-order valence-electron chi connectivity index (χ1n) is 13.2. The van der Waals surface area contributed by atoms with Crippen molar-refractivity contribution < 1.29 is 5.11 Å². The fourth-order valence-corrected chi connectivity index (χ4v) is 9.35. The standard InChI is InChI=1S/C29H48O/c1-7-21(19(2)3)9-8-20(4)25-12-13-26-24-11-10-22-18-23(30)14-16-28(22,5)27(24)15-17-29(25,26)6/h7,20,22-27,30H,1,8-18H2,2-6H3/t20-,22?,23?,24+,25-,26+,27+,28+,29-/m1/s1. The smallest absolute Gasteiger partial charge is 0.0543 e. The number of aliphatic hydroxyl groups excluding tert-OH is 1. The van der Waals surface area contributed by atoms with Crippen molar-refractivity contribution >= 4 is 0 Å². The SMILES string of the molecule is C=CC(CC[C@@H](C)[C@H]1CC[C@H]2[C@@H]3CCC4CC(O)CC[C@]4(C)[C@H]3CC[C@]12C)=C(C)C. The molecular formula is C29H48O. The highest BCUT2D eigenvalue weighted by Gasteiger charge is 2.60. The minimum absolute atomic E-state index is 0.0218. The van der Waals surface area contributed by atoms with E-state index in [0.29, 0.717) is 10.8 Å². The highest BCUT2D eigenvalue weighted by Crippen LogP contribution is 2.68. The molecule has 4 rings (SSSR count). The third kappa shape index (κ3) is 3.66. The van der Waals surface area contributed by atoms with Gasteiger partial charge in [-0.05, 0) is 136 Å². The zero-order chi connectivity index (χ0) is 21.7. The second-order valence-corrected chi connectivity index (χ2v) is 12.6. The van der Waals surface area contributed by atoms with Crippen LogP contribution in [0.15, 0.2) is 23.8 Å². The predicted molar refractivity (Wildman–Crippen MR) is 128 cm³/mol. The van der Waals surface area contributed by atoms with Crippen molar-refractivity contribution in [3.63, 3.8) is 0 Å². The number of fused-ring (bicyclic) bond motifs is 5. The molecule has 0 saturated heterocycles. The van der Waals surface area contributed by atoms with Gasteiger partial charge in [0.05, 0.1) is 6.10 Å². The second-order valence-electron chi connectivity index (χ2n) is 12.6. The predicted octanol–water partition coefficient (Wildman–Crippen LogP) is 7.94. The van der Waals surface area contributed by atoms with Crippen molar-refractivity contribution in [2.45, 2.75) is 111 Å². The summed E-state index contributed by atoms with van der Waals surface area (Å²) in [5, 5.41) is 10.3. The average Bonchev–Trinajstić information content (AvgIpc) is 3.06. The van der Waals surface area contributed by atoms with E-state index >= 15 is 0 Å².